The van der Waals surface area contributed by atoms with Crippen molar-refractivity contribution in [2.24, 2.45) is 0 Å². The van der Waals surface area contributed by atoms with Crippen LogP contribution in [0.4, 0.5) is 0 Å². The van der Waals surface area contributed by atoms with Crippen LogP contribution in [0.2, 0.25) is 0 Å². The van der Waals surface area contributed by atoms with Crippen LogP contribution in [-0.4, -0.2) is 58.4 Å². The fourth-order valence-corrected chi connectivity index (χ4v) is 2.85. The quantitative estimate of drug-likeness (QED) is 0.848. The van der Waals surface area contributed by atoms with Gasteiger partial charge >= 0.3 is 0 Å². The second-order valence-electron chi connectivity index (χ2n) is 5.94. The van der Waals surface area contributed by atoms with Crippen molar-refractivity contribution in [1.82, 2.24) is 25.0 Å². The molecule has 3 heterocycles. The Morgan fingerprint density at radius 2 is 2.21 bits per heavy atom. The third kappa shape index (κ3) is 4.39. The number of aryl methyl sites for hydroxylation is 1. The predicted octanol–water partition coefficient (Wildman–Crippen LogP) is 0.776. The van der Waals surface area contributed by atoms with Crippen molar-refractivity contribution in [1.29, 1.82) is 0 Å². The number of pyridine rings is 1. The summed E-state index contributed by atoms with van der Waals surface area (Å²) in [6.45, 7) is 5.82. The second-order valence-corrected chi connectivity index (χ2v) is 5.94. The van der Waals surface area contributed by atoms with E-state index >= 15 is 0 Å². The lowest BCUT2D eigenvalue weighted by Gasteiger charge is -2.34. The summed E-state index contributed by atoms with van der Waals surface area (Å²) in [6, 6.07) is 5.93. The minimum atomic E-state index is -0.0488. The number of carbonyl (C=O) groups is 1. The molecule has 1 atom stereocenters. The maximum Gasteiger partial charge on any atom is 0.241 e. The van der Waals surface area contributed by atoms with Crippen LogP contribution in [0.5, 0.6) is 0 Å². The SMILES string of the molecule is Cc1cnn(CC(=O)NCC(c2ccccn2)N2CCOCC2)c1. The Morgan fingerprint density at radius 1 is 1.38 bits per heavy atom. The number of amides is 1. The van der Waals surface area contributed by atoms with Gasteiger partial charge < -0.3 is 10.1 Å². The van der Waals surface area contributed by atoms with E-state index in [9.17, 15) is 4.79 Å². The fourth-order valence-electron chi connectivity index (χ4n) is 2.85. The van der Waals surface area contributed by atoms with Crippen molar-refractivity contribution in [3.63, 3.8) is 0 Å². The van der Waals surface area contributed by atoms with Gasteiger partial charge in [-0.15, -0.1) is 0 Å². The zero-order valence-electron chi connectivity index (χ0n) is 13.9. The van der Waals surface area contributed by atoms with Gasteiger partial charge in [-0.05, 0) is 24.6 Å². The molecular formula is C17H23N5O2. The third-order valence-electron chi connectivity index (χ3n) is 4.08. The molecule has 1 amide bonds. The molecule has 1 fully saturated rings. The minimum absolute atomic E-state index is 0.0488. The molecule has 1 aliphatic heterocycles. The van der Waals surface area contributed by atoms with E-state index in [1.165, 1.54) is 0 Å². The zero-order chi connectivity index (χ0) is 16.8. The van der Waals surface area contributed by atoms with Crippen molar-refractivity contribution in [2.75, 3.05) is 32.8 Å². The maximum absolute atomic E-state index is 12.2. The molecule has 1 saturated heterocycles. The number of rotatable bonds is 6. The van der Waals surface area contributed by atoms with Gasteiger partial charge in [0, 0.05) is 32.0 Å². The number of hydrogen-bond acceptors (Lipinski definition) is 5. The van der Waals surface area contributed by atoms with E-state index in [1.54, 1.807) is 17.1 Å². The summed E-state index contributed by atoms with van der Waals surface area (Å²) < 4.78 is 7.08. The molecule has 7 heteroatoms. The number of ether oxygens (including phenoxy) is 1. The molecule has 1 N–H and O–H groups in total. The first-order valence-electron chi connectivity index (χ1n) is 8.21. The molecule has 1 aliphatic rings. The first-order chi connectivity index (χ1) is 11.7. The van der Waals surface area contributed by atoms with E-state index in [4.69, 9.17) is 4.74 Å². The summed E-state index contributed by atoms with van der Waals surface area (Å²) in [5.74, 6) is -0.0488. The van der Waals surface area contributed by atoms with Crippen LogP contribution in [0.3, 0.4) is 0 Å². The lowest BCUT2D eigenvalue weighted by molar-refractivity contribution is -0.122. The van der Waals surface area contributed by atoms with Crippen molar-refractivity contribution in [3.8, 4) is 0 Å². The van der Waals surface area contributed by atoms with Gasteiger partial charge in [-0.1, -0.05) is 6.07 Å². The molecule has 128 valence electrons. The Hall–Kier alpha value is -2.25. The average Bonchev–Trinajstić information content (AvgIpc) is 3.02. The highest BCUT2D eigenvalue weighted by Crippen LogP contribution is 2.19. The van der Waals surface area contributed by atoms with Crippen LogP contribution in [0.25, 0.3) is 0 Å². The molecule has 2 aromatic heterocycles. The molecule has 3 rings (SSSR count). The van der Waals surface area contributed by atoms with Gasteiger partial charge in [-0.3, -0.25) is 19.4 Å². The normalized spacial score (nSPS) is 16.7. The lowest BCUT2D eigenvalue weighted by atomic mass is 10.1. The summed E-state index contributed by atoms with van der Waals surface area (Å²) >= 11 is 0. The molecule has 0 spiro atoms. The minimum Gasteiger partial charge on any atom is -0.379 e. The molecule has 2 aromatic rings. The van der Waals surface area contributed by atoms with Crippen LogP contribution < -0.4 is 5.32 Å². The predicted molar refractivity (Wildman–Crippen MR) is 89.3 cm³/mol. The van der Waals surface area contributed by atoms with Crippen LogP contribution in [0.15, 0.2) is 36.8 Å². The molecular weight excluding hydrogens is 306 g/mol. The van der Waals surface area contributed by atoms with E-state index in [0.29, 0.717) is 19.8 Å². The van der Waals surface area contributed by atoms with E-state index in [-0.39, 0.29) is 18.5 Å². The number of hydrogen-bond donors (Lipinski definition) is 1. The van der Waals surface area contributed by atoms with Crippen LogP contribution in [0, 0.1) is 6.92 Å². The Bertz CT molecular complexity index is 652. The van der Waals surface area contributed by atoms with E-state index in [0.717, 1.165) is 24.3 Å². The highest BCUT2D eigenvalue weighted by atomic mass is 16.5. The molecule has 7 nitrogen and oxygen atoms in total. The van der Waals surface area contributed by atoms with Gasteiger partial charge in [0.15, 0.2) is 0 Å². The van der Waals surface area contributed by atoms with Crippen molar-refractivity contribution in [2.45, 2.75) is 19.5 Å². The smallest absolute Gasteiger partial charge is 0.241 e. The summed E-state index contributed by atoms with van der Waals surface area (Å²) in [6.07, 6.45) is 5.40. The molecule has 0 aliphatic carbocycles. The molecule has 0 radical (unpaired) electrons. The Labute approximate surface area is 141 Å². The zero-order valence-corrected chi connectivity index (χ0v) is 13.9. The second kappa shape index (κ2) is 8.03. The van der Waals surface area contributed by atoms with Gasteiger partial charge in [0.2, 0.25) is 5.91 Å². The highest BCUT2D eigenvalue weighted by molar-refractivity contribution is 5.75. The monoisotopic (exact) mass is 329 g/mol. The molecule has 0 saturated carbocycles. The molecule has 0 bridgehead atoms. The van der Waals surface area contributed by atoms with E-state index in [1.807, 2.05) is 31.3 Å². The molecule has 0 aromatic carbocycles. The largest absolute Gasteiger partial charge is 0.379 e. The van der Waals surface area contributed by atoms with Gasteiger partial charge in [0.05, 0.1) is 31.1 Å². The molecule has 24 heavy (non-hydrogen) atoms. The van der Waals surface area contributed by atoms with Gasteiger partial charge in [0.1, 0.15) is 6.54 Å². The van der Waals surface area contributed by atoms with Gasteiger partial charge in [-0.25, -0.2) is 0 Å². The van der Waals surface area contributed by atoms with Crippen LogP contribution in [-0.2, 0) is 16.1 Å². The number of carbonyl (C=O) groups excluding carboxylic acids is 1. The number of morpholine rings is 1. The lowest BCUT2D eigenvalue weighted by Crippen LogP contribution is -2.44. The fraction of sp³-hybridized carbons (Fsp3) is 0.471. The van der Waals surface area contributed by atoms with E-state index < -0.39 is 0 Å². The van der Waals surface area contributed by atoms with Crippen LogP contribution in [0.1, 0.15) is 17.3 Å². The Kier molecular flexibility index (Phi) is 5.55. The number of aromatic nitrogens is 3. The standard InChI is InChI=1S/C17H23N5O2/c1-14-10-20-22(12-14)13-17(23)19-11-16(15-4-2-3-5-18-15)21-6-8-24-9-7-21/h2-5,10,12,16H,6-9,11,13H2,1H3,(H,19,23). The highest BCUT2D eigenvalue weighted by Gasteiger charge is 2.24. The number of nitrogens with one attached hydrogen (secondary N) is 1. The van der Waals surface area contributed by atoms with Crippen LogP contribution >= 0.6 is 0 Å². The topological polar surface area (TPSA) is 72.3 Å². The Morgan fingerprint density at radius 3 is 2.88 bits per heavy atom. The van der Waals surface area contributed by atoms with Crippen molar-refractivity contribution in [3.05, 3.63) is 48.0 Å². The van der Waals surface area contributed by atoms with Gasteiger partial charge in [-0.2, -0.15) is 5.10 Å². The summed E-state index contributed by atoms with van der Waals surface area (Å²) in [7, 11) is 0. The van der Waals surface area contributed by atoms with Gasteiger partial charge in [0.25, 0.3) is 0 Å². The Balaban J connectivity index is 1.62. The van der Waals surface area contributed by atoms with Crippen molar-refractivity contribution >= 4 is 5.91 Å². The molecule has 1 unspecified atom stereocenters. The maximum atomic E-state index is 12.2. The average molecular weight is 329 g/mol. The summed E-state index contributed by atoms with van der Waals surface area (Å²) in [4.78, 5) is 19.0. The first kappa shape index (κ1) is 16.6. The number of nitrogens with zero attached hydrogens (tertiary/aromatic N) is 4. The first-order valence-corrected chi connectivity index (χ1v) is 8.21. The van der Waals surface area contributed by atoms with Crippen molar-refractivity contribution < 1.29 is 9.53 Å². The van der Waals surface area contributed by atoms with E-state index in [2.05, 4.69) is 20.3 Å². The summed E-state index contributed by atoms with van der Waals surface area (Å²) in [5, 5.41) is 7.16. The summed E-state index contributed by atoms with van der Waals surface area (Å²) in [5.41, 5.74) is 2.01. The third-order valence-corrected chi connectivity index (χ3v) is 4.08.